The van der Waals surface area contributed by atoms with Gasteiger partial charge in [-0.3, -0.25) is 14.2 Å². The summed E-state index contributed by atoms with van der Waals surface area (Å²) in [4.78, 5) is 48.0. The number of carbonyl (C=O) groups excluding carboxylic acids is 2. The fourth-order valence-corrected chi connectivity index (χ4v) is 6.08. The molecule has 1 saturated heterocycles. The summed E-state index contributed by atoms with van der Waals surface area (Å²) in [5, 5.41) is 9.44. The number of ether oxygens (including phenoxy) is 1. The van der Waals surface area contributed by atoms with E-state index in [9.17, 15) is 19.6 Å². The lowest BCUT2D eigenvalue weighted by atomic mass is 10.1. The highest BCUT2D eigenvalue weighted by atomic mass is 79.9. The monoisotopic (exact) mass is 611 g/mol. The van der Waals surface area contributed by atoms with Crippen LogP contribution in [0.25, 0.3) is 10.9 Å². The average molecular weight is 613 g/mol. The molecule has 1 aliphatic rings. The molecular weight excluding hydrogens is 582 g/mol. The molecule has 2 aromatic carbocycles. The van der Waals surface area contributed by atoms with Crippen LogP contribution in [0.5, 0.6) is 0 Å². The SMILES string of the molecule is CCn1c(SC(C(=O)N2CCN(C(=O)OC(C)(C)C)CC2)c2ccccc2)nc2c(Br)cc(C#N)cc2c1=O. The van der Waals surface area contributed by atoms with Crippen LogP contribution in [0.4, 0.5) is 4.79 Å². The summed E-state index contributed by atoms with van der Waals surface area (Å²) in [5.41, 5.74) is 0.730. The van der Waals surface area contributed by atoms with Crippen molar-refractivity contribution in [3.63, 3.8) is 0 Å². The molecule has 0 aliphatic carbocycles. The molecule has 1 aliphatic heterocycles. The summed E-state index contributed by atoms with van der Waals surface area (Å²) in [6.07, 6.45) is -0.388. The fraction of sp³-hybridized carbons (Fsp3) is 0.393. The summed E-state index contributed by atoms with van der Waals surface area (Å²) >= 11 is 4.68. The van der Waals surface area contributed by atoms with Crippen molar-refractivity contribution >= 4 is 50.6 Å². The Hall–Kier alpha value is -3.36. The van der Waals surface area contributed by atoms with Gasteiger partial charge in [-0.05, 0) is 61.3 Å². The number of nitriles is 1. The van der Waals surface area contributed by atoms with E-state index in [1.807, 2.05) is 58.0 Å². The molecule has 0 radical (unpaired) electrons. The molecule has 3 aromatic rings. The number of amides is 2. The Kier molecular flexibility index (Phi) is 8.67. The highest BCUT2D eigenvalue weighted by Crippen LogP contribution is 2.37. The maximum Gasteiger partial charge on any atom is 0.410 e. The van der Waals surface area contributed by atoms with E-state index in [0.717, 1.165) is 5.56 Å². The summed E-state index contributed by atoms with van der Waals surface area (Å²) in [5.74, 6) is -0.120. The van der Waals surface area contributed by atoms with Crippen LogP contribution in [0.1, 0.15) is 44.1 Å². The van der Waals surface area contributed by atoms with Crippen LogP contribution in [0.3, 0.4) is 0 Å². The molecule has 0 N–H and O–H groups in total. The van der Waals surface area contributed by atoms with Gasteiger partial charge in [-0.2, -0.15) is 5.26 Å². The molecule has 9 nitrogen and oxygen atoms in total. The van der Waals surface area contributed by atoms with Crippen LogP contribution in [0.15, 0.2) is 56.9 Å². The number of hydrogen-bond acceptors (Lipinski definition) is 7. The molecule has 2 amide bonds. The second-order valence-electron chi connectivity index (χ2n) is 10.1. The van der Waals surface area contributed by atoms with Crippen LogP contribution in [0.2, 0.25) is 0 Å². The quantitative estimate of drug-likeness (QED) is 0.296. The maximum absolute atomic E-state index is 13.9. The Balaban J connectivity index is 1.65. The van der Waals surface area contributed by atoms with E-state index >= 15 is 0 Å². The third-order valence-electron chi connectivity index (χ3n) is 6.22. The van der Waals surface area contributed by atoms with Gasteiger partial charge in [-0.15, -0.1) is 0 Å². The molecule has 1 atom stereocenters. The number of aromatic nitrogens is 2. The number of nitrogens with zero attached hydrogens (tertiary/aromatic N) is 5. The number of hydrogen-bond donors (Lipinski definition) is 0. The van der Waals surface area contributed by atoms with Gasteiger partial charge in [0, 0.05) is 37.2 Å². The fourth-order valence-electron chi connectivity index (χ4n) is 4.29. The molecule has 204 valence electrons. The lowest BCUT2D eigenvalue weighted by Gasteiger charge is -2.37. The number of halogens is 1. The van der Waals surface area contributed by atoms with Crippen LogP contribution < -0.4 is 5.56 Å². The summed E-state index contributed by atoms with van der Waals surface area (Å²) < 4.78 is 7.56. The first-order chi connectivity index (χ1) is 18.5. The maximum atomic E-state index is 13.9. The molecule has 0 bridgehead atoms. The lowest BCUT2D eigenvalue weighted by Crippen LogP contribution is -2.52. The average Bonchev–Trinajstić information content (AvgIpc) is 2.91. The van der Waals surface area contributed by atoms with Crippen molar-refractivity contribution in [2.45, 2.75) is 50.2 Å². The minimum atomic E-state index is -0.654. The molecule has 1 fully saturated rings. The lowest BCUT2D eigenvalue weighted by molar-refractivity contribution is -0.132. The molecule has 4 rings (SSSR count). The molecule has 11 heteroatoms. The highest BCUT2D eigenvalue weighted by molar-refractivity contribution is 9.10. The van der Waals surface area contributed by atoms with E-state index in [4.69, 9.17) is 9.72 Å². The van der Waals surface area contributed by atoms with Crippen molar-refractivity contribution in [3.05, 3.63) is 68.4 Å². The highest BCUT2D eigenvalue weighted by Gasteiger charge is 2.33. The van der Waals surface area contributed by atoms with Crippen LogP contribution in [0, 0.1) is 11.3 Å². The molecule has 39 heavy (non-hydrogen) atoms. The first-order valence-corrected chi connectivity index (χ1v) is 14.3. The summed E-state index contributed by atoms with van der Waals surface area (Å²) in [7, 11) is 0. The number of piperazine rings is 1. The number of benzene rings is 2. The van der Waals surface area contributed by atoms with Gasteiger partial charge in [0.05, 0.1) is 22.5 Å². The van der Waals surface area contributed by atoms with Gasteiger partial charge in [0.15, 0.2) is 5.16 Å². The van der Waals surface area contributed by atoms with Crippen molar-refractivity contribution in [3.8, 4) is 6.07 Å². The molecule has 1 aromatic heterocycles. The van der Waals surface area contributed by atoms with E-state index in [-0.39, 0.29) is 17.6 Å². The first kappa shape index (κ1) is 28.6. The third-order valence-corrected chi connectivity index (χ3v) is 8.05. The minimum Gasteiger partial charge on any atom is -0.444 e. The number of fused-ring (bicyclic) bond motifs is 1. The van der Waals surface area contributed by atoms with Crippen molar-refractivity contribution in [1.82, 2.24) is 19.4 Å². The molecular formula is C28H30BrN5O4S. The van der Waals surface area contributed by atoms with E-state index in [0.29, 0.717) is 58.8 Å². The normalized spacial score (nSPS) is 14.7. The minimum absolute atomic E-state index is 0.120. The second-order valence-corrected chi connectivity index (χ2v) is 12.0. The number of thioether (sulfide) groups is 1. The van der Waals surface area contributed by atoms with Gasteiger partial charge in [-0.25, -0.2) is 9.78 Å². The Morgan fingerprint density at radius 1 is 1.13 bits per heavy atom. The van der Waals surface area contributed by atoms with Gasteiger partial charge >= 0.3 is 6.09 Å². The number of rotatable bonds is 5. The molecule has 1 unspecified atom stereocenters. The van der Waals surface area contributed by atoms with E-state index in [1.165, 1.54) is 16.3 Å². The zero-order chi connectivity index (χ0) is 28.3. The summed E-state index contributed by atoms with van der Waals surface area (Å²) in [6, 6.07) is 14.6. The second kappa shape index (κ2) is 11.8. The van der Waals surface area contributed by atoms with E-state index in [2.05, 4.69) is 22.0 Å². The molecule has 0 saturated carbocycles. The van der Waals surface area contributed by atoms with E-state index in [1.54, 1.807) is 21.9 Å². The predicted octanol–water partition coefficient (Wildman–Crippen LogP) is 4.96. The smallest absolute Gasteiger partial charge is 0.410 e. The third kappa shape index (κ3) is 6.45. The Morgan fingerprint density at radius 2 is 1.77 bits per heavy atom. The molecule has 2 heterocycles. The van der Waals surface area contributed by atoms with Crippen molar-refractivity contribution in [2.75, 3.05) is 26.2 Å². The van der Waals surface area contributed by atoms with Gasteiger partial charge in [0.25, 0.3) is 5.56 Å². The van der Waals surface area contributed by atoms with Crippen LogP contribution in [-0.2, 0) is 16.1 Å². The zero-order valence-electron chi connectivity index (χ0n) is 22.3. The molecule has 0 spiro atoms. The van der Waals surface area contributed by atoms with E-state index < -0.39 is 10.9 Å². The zero-order valence-corrected chi connectivity index (χ0v) is 24.7. The van der Waals surface area contributed by atoms with Gasteiger partial charge < -0.3 is 14.5 Å². The predicted molar refractivity (Wildman–Crippen MR) is 154 cm³/mol. The number of carbonyl (C=O) groups is 2. The standard InChI is InChI=1S/C28H30BrN5O4S/c1-5-34-24(35)20-15-18(17-30)16-21(29)22(20)31-26(34)39-23(19-9-7-6-8-10-19)25(36)32-11-13-33(14-12-32)27(37)38-28(2,3)4/h6-10,15-16,23H,5,11-14H2,1-4H3. The van der Waals surface area contributed by atoms with Crippen LogP contribution in [-0.4, -0.2) is 63.1 Å². The largest absolute Gasteiger partial charge is 0.444 e. The van der Waals surface area contributed by atoms with Gasteiger partial charge in [0.1, 0.15) is 10.9 Å². The van der Waals surface area contributed by atoms with Crippen molar-refractivity contribution < 1.29 is 14.3 Å². The van der Waals surface area contributed by atoms with Crippen molar-refractivity contribution in [2.24, 2.45) is 0 Å². The Labute approximate surface area is 239 Å². The van der Waals surface area contributed by atoms with Gasteiger partial charge in [-0.1, -0.05) is 42.1 Å². The summed E-state index contributed by atoms with van der Waals surface area (Å²) in [6.45, 7) is 9.15. The Morgan fingerprint density at radius 3 is 2.36 bits per heavy atom. The van der Waals surface area contributed by atoms with Gasteiger partial charge in [0.2, 0.25) is 5.91 Å². The topological polar surface area (TPSA) is 109 Å². The first-order valence-electron chi connectivity index (χ1n) is 12.6. The Bertz CT molecular complexity index is 1490. The van der Waals surface area contributed by atoms with Crippen molar-refractivity contribution in [1.29, 1.82) is 5.26 Å². The van der Waals surface area contributed by atoms with Crippen LogP contribution >= 0.6 is 27.7 Å².